The molecule has 2 saturated carbocycles. The van der Waals surface area contributed by atoms with Crippen LogP contribution < -0.4 is 0 Å². The highest BCUT2D eigenvalue weighted by Gasteiger charge is 2.52. The zero-order valence-electron chi connectivity index (χ0n) is 11.7. The zero-order valence-corrected chi connectivity index (χ0v) is 11.7. The Morgan fingerprint density at radius 2 is 2.00 bits per heavy atom. The average molecular weight is 294 g/mol. The molecule has 2 nitrogen and oxygen atoms in total. The van der Waals surface area contributed by atoms with E-state index in [0.717, 1.165) is 38.2 Å². The van der Waals surface area contributed by atoms with Gasteiger partial charge in [-0.15, -0.1) is 0 Å². The van der Waals surface area contributed by atoms with Crippen LogP contribution in [0.1, 0.15) is 43.2 Å². The maximum absolute atomic E-state index is 12.9. The van der Waals surface area contributed by atoms with E-state index in [4.69, 9.17) is 5.26 Å². The van der Waals surface area contributed by atoms with Crippen LogP contribution in [0.2, 0.25) is 0 Å². The Hall–Kier alpha value is -1.54. The van der Waals surface area contributed by atoms with Crippen LogP contribution in [-0.2, 0) is 11.7 Å². The average Bonchev–Trinajstić information content (AvgIpc) is 3.17. The second kappa shape index (κ2) is 5.03. The van der Waals surface area contributed by atoms with E-state index in [2.05, 4.69) is 11.0 Å². The van der Waals surface area contributed by atoms with E-state index in [1.54, 1.807) is 6.07 Å². The molecule has 0 atom stereocenters. The molecule has 0 aliphatic heterocycles. The summed E-state index contributed by atoms with van der Waals surface area (Å²) in [5.74, 6) is 0. The number of nitriles is 1. The van der Waals surface area contributed by atoms with Gasteiger partial charge >= 0.3 is 6.18 Å². The van der Waals surface area contributed by atoms with Crippen LogP contribution >= 0.6 is 0 Å². The minimum atomic E-state index is -4.32. The van der Waals surface area contributed by atoms with Crippen molar-refractivity contribution in [3.05, 3.63) is 35.4 Å². The first-order valence-electron chi connectivity index (χ1n) is 7.29. The predicted molar refractivity (Wildman–Crippen MR) is 72.3 cm³/mol. The minimum absolute atomic E-state index is 0.293. The molecule has 2 aliphatic carbocycles. The first-order chi connectivity index (χ1) is 9.97. The molecule has 0 heterocycles. The number of hydrogen-bond donors (Lipinski definition) is 0. The highest BCUT2D eigenvalue weighted by molar-refractivity contribution is 5.35. The minimum Gasteiger partial charge on any atom is -0.278 e. The van der Waals surface area contributed by atoms with Crippen LogP contribution in [0.3, 0.4) is 0 Å². The van der Waals surface area contributed by atoms with E-state index in [-0.39, 0.29) is 5.54 Å². The third-order valence-corrected chi connectivity index (χ3v) is 4.76. The summed E-state index contributed by atoms with van der Waals surface area (Å²) in [7, 11) is 0. The molecular weight excluding hydrogens is 277 g/mol. The number of alkyl halides is 3. The van der Waals surface area contributed by atoms with Gasteiger partial charge in [-0.25, -0.2) is 0 Å². The first kappa shape index (κ1) is 14.4. The summed E-state index contributed by atoms with van der Waals surface area (Å²) in [5.41, 5.74) is -0.238. The molecule has 3 rings (SSSR count). The molecule has 21 heavy (non-hydrogen) atoms. The van der Waals surface area contributed by atoms with Crippen molar-refractivity contribution in [3.8, 4) is 6.07 Å². The monoisotopic (exact) mass is 294 g/mol. The van der Waals surface area contributed by atoms with Gasteiger partial charge in [0.25, 0.3) is 0 Å². The maximum atomic E-state index is 12.9. The van der Waals surface area contributed by atoms with Gasteiger partial charge in [0.15, 0.2) is 0 Å². The van der Waals surface area contributed by atoms with Crippen LogP contribution in [0.25, 0.3) is 0 Å². The quantitative estimate of drug-likeness (QED) is 0.783. The van der Waals surface area contributed by atoms with Crippen molar-refractivity contribution < 1.29 is 13.2 Å². The molecule has 0 aromatic heterocycles. The predicted octanol–water partition coefficient (Wildman–Crippen LogP) is 4.07. The van der Waals surface area contributed by atoms with E-state index in [9.17, 15) is 13.2 Å². The first-order valence-corrected chi connectivity index (χ1v) is 7.29. The van der Waals surface area contributed by atoms with Crippen LogP contribution in [0, 0.1) is 11.3 Å². The Balaban J connectivity index is 1.92. The van der Waals surface area contributed by atoms with Gasteiger partial charge in [0.2, 0.25) is 0 Å². The standard InChI is InChI=1S/C16H17F3N2/c17-16(18,19)13-4-1-3-12(11-13)15(7-8-15)21(10-9-20)14-5-2-6-14/h1,3-4,11,14H,2,5-8,10H2. The van der Waals surface area contributed by atoms with Crippen LogP contribution in [-0.4, -0.2) is 17.5 Å². The number of rotatable bonds is 4. The Morgan fingerprint density at radius 1 is 1.29 bits per heavy atom. The largest absolute Gasteiger partial charge is 0.416 e. The fourth-order valence-corrected chi connectivity index (χ4v) is 3.25. The third kappa shape index (κ3) is 2.53. The molecule has 0 amide bonds. The molecule has 0 radical (unpaired) electrons. The number of benzene rings is 1. The fourth-order valence-electron chi connectivity index (χ4n) is 3.25. The SMILES string of the molecule is N#CCN(C1CCC1)C1(c2cccc(C(F)(F)F)c2)CC1. The molecular formula is C16H17F3N2. The Kier molecular flexibility index (Phi) is 3.45. The Morgan fingerprint density at radius 3 is 2.48 bits per heavy atom. The molecule has 112 valence electrons. The van der Waals surface area contributed by atoms with Crippen LogP contribution in [0.4, 0.5) is 13.2 Å². The van der Waals surface area contributed by atoms with Crippen molar-refractivity contribution >= 4 is 0 Å². The molecule has 1 aromatic rings. The molecule has 5 heteroatoms. The van der Waals surface area contributed by atoms with E-state index in [0.29, 0.717) is 18.2 Å². The number of hydrogen-bond acceptors (Lipinski definition) is 2. The molecule has 0 N–H and O–H groups in total. The zero-order chi connectivity index (χ0) is 15.1. The summed E-state index contributed by atoms with van der Waals surface area (Å²) in [6.07, 6.45) is 0.595. The molecule has 1 aromatic carbocycles. The van der Waals surface area contributed by atoms with E-state index in [1.807, 2.05) is 0 Å². The lowest BCUT2D eigenvalue weighted by atomic mass is 9.88. The summed E-state index contributed by atoms with van der Waals surface area (Å²) >= 11 is 0. The van der Waals surface area contributed by atoms with Gasteiger partial charge in [-0.3, -0.25) is 4.90 Å². The lowest BCUT2D eigenvalue weighted by Gasteiger charge is -2.42. The normalized spacial score (nSPS) is 20.9. The van der Waals surface area contributed by atoms with Crippen molar-refractivity contribution in [1.82, 2.24) is 4.90 Å². The Labute approximate surface area is 122 Å². The molecule has 0 unspecified atom stereocenters. The summed E-state index contributed by atoms with van der Waals surface area (Å²) in [4.78, 5) is 2.13. The van der Waals surface area contributed by atoms with Gasteiger partial charge in [-0.2, -0.15) is 18.4 Å². The topological polar surface area (TPSA) is 27.0 Å². The summed E-state index contributed by atoms with van der Waals surface area (Å²) in [6.45, 7) is 0.293. The van der Waals surface area contributed by atoms with Gasteiger partial charge < -0.3 is 0 Å². The van der Waals surface area contributed by atoms with E-state index < -0.39 is 11.7 Å². The van der Waals surface area contributed by atoms with Crippen molar-refractivity contribution in [2.24, 2.45) is 0 Å². The Bertz CT molecular complexity index is 566. The molecule has 2 fully saturated rings. The highest BCUT2D eigenvalue weighted by atomic mass is 19.4. The number of halogens is 3. The van der Waals surface area contributed by atoms with E-state index in [1.165, 1.54) is 12.1 Å². The molecule has 0 saturated heterocycles. The van der Waals surface area contributed by atoms with Gasteiger partial charge in [-0.1, -0.05) is 18.6 Å². The summed E-state index contributed by atoms with van der Waals surface area (Å²) < 4.78 is 38.7. The second-order valence-corrected chi connectivity index (χ2v) is 5.98. The van der Waals surface area contributed by atoms with Crippen LogP contribution in [0.15, 0.2) is 24.3 Å². The highest BCUT2D eigenvalue weighted by Crippen LogP contribution is 2.54. The van der Waals surface area contributed by atoms with Crippen LogP contribution in [0.5, 0.6) is 0 Å². The molecule has 0 bridgehead atoms. The summed E-state index contributed by atoms with van der Waals surface area (Å²) in [6, 6.07) is 8.14. The lowest BCUT2D eigenvalue weighted by molar-refractivity contribution is -0.137. The maximum Gasteiger partial charge on any atom is 0.416 e. The molecule has 0 spiro atoms. The third-order valence-electron chi connectivity index (χ3n) is 4.76. The van der Waals surface area contributed by atoms with Gasteiger partial charge in [0.05, 0.1) is 18.2 Å². The smallest absolute Gasteiger partial charge is 0.278 e. The van der Waals surface area contributed by atoms with Crippen molar-refractivity contribution in [1.29, 1.82) is 5.26 Å². The van der Waals surface area contributed by atoms with Gasteiger partial charge in [0, 0.05) is 11.6 Å². The lowest BCUT2D eigenvalue weighted by Crippen LogP contribution is -2.47. The van der Waals surface area contributed by atoms with Crippen molar-refractivity contribution in [3.63, 3.8) is 0 Å². The van der Waals surface area contributed by atoms with Crippen molar-refractivity contribution in [2.75, 3.05) is 6.54 Å². The van der Waals surface area contributed by atoms with E-state index >= 15 is 0 Å². The van der Waals surface area contributed by atoms with Gasteiger partial charge in [-0.05, 0) is 43.4 Å². The van der Waals surface area contributed by atoms with Gasteiger partial charge in [0.1, 0.15) is 0 Å². The molecule has 2 aliphatic rings. The summed E-state index contributed by atoms with van der Waals surface area (Å²) in [5, 5.41) is 9.06. The fraction of sp³-hybridized carbons (Fsp3) is 0.562. The van der Waals surface area contributed by atoms with Crippen molar-refractivity contribution in [2.45, 2.75) is 49.9 Å². The number of nitrogens with zero attached hydrogens (tertiary/aromatic N) is 2. The second-order valence-electron chi connectivity index (χ2n) is 5.98.